The molecule has 1 aromatic carbocycles. The van der Waals surface area contributed by atoms with Crippen LogP contribution in [-0.4, -0.2) is 25.2 Å². The number of nitrogens with zero attached hydrogens (tertiary/aromatic N) is 1. The molecule has 0 saturated heterocycles. The second-order valence-corrected chi connectivity index (χ2v) is 4.39. The molecule has 5 heteroatoms. The van der Waals surface area contributed by atoms with Gasteiger partial charge in [0.25, 0.3) is 0 Å². The number of oxazole rings is 1. The number of rotatable bonds is 5. The van der Waals surface area contributed by atoms with E-state index in [1.54, 1.807) is 7.05 Å². The Balaban J connectivity index is 2.36. The Labute approximate surface area is 106 Å². The summed E-state index contributed by atoms with van der Waals surface area (Å²) in [7, 11) is 5.59. The van der Waals surface area contributed by atoms with Gasteiger partial charge in [-0.3, -0.25) is 4.57 Å². The first-order valence-electron chi connectivity index (χ1n) is 6.08. The standard InChI is InChI=1S/C13H19N3O2/c1-14-7-6-10(15-2)9-4-5-11-12(8-9)18-13(17)16(11)3/h4-5,8,10,14-15H,6-7H2,1-3H3. The Hall–Kier alpha value is -1.59. The van der Waals surface area contributed by atoms with Gasteiger partial charge < -0.3 is 15.1 Å². The second-order valence-electron chi connectivity index (χ2n) is 4.39. The highest BCUT2D eigenvalue weighted by Gasteiger charge is 2.12. The molecule has 0 aliphatic carbocycles. The van der Waals surface area contributed by atoms with Crippen LogP contribution in [0, 0.1) is 0 Å². The van der Waals surface area contributed by atoms with E-state index >= 15 is 0 Å². The Kier molecular flexibility index (Phi) is 3.84. The third-order valence-electron chi connectivity index (χ3n) is 3.25. The maximum Gasteiger partial charge on any atom is 0.419 e. The maximum atomic E-state index is 11.4. The number of aryl methyl sites for hydroxylation is 1. The van der Waals surface area contributed by atoms with E-state index in [1.807, 2.05) is 32.3 Å². The molecule has 18 heavy (non-hydrogen) atoms. The second kappa shape index (κ2) is 5.37. The van der Waals surface area contributed by atoms with E-state index in [-0.39, 0.29) is 11.8 Å². The molecule has 2 N–H and O–H groups in total. The van der Waals surface area contributed by atoms with Crippen LogP contribution in [0.2, 0.25) is 0 Å². The molecule has 1 aromatic heterocycles. The van der Waals surface area contributed by atoms with Crippen LogP contribution >= 0.6 is 0 Å². The van der Waals surface area contributed by atoms with Gasteiger partial charge in [-0.25, -0.2) is 4.79 Å². The third-order valence-corrected chi connectivity index (χ3v) is 3.25. The minimum atomic E-state index is -0.321. The summed E-state index contributed by atoms with van der Waals surface area (Å²) >= 11 is 0. The molecule has 1 heterocycles. The fourth-order valence-corrected chi connectivity index (χ4v) is 2.13. The van der Waals surface area contributed by atoms with E-state index in [2.05, 4.69) is 10.6 Å². The van der Waals surface area contributed by atoms with Crippen molar-refractivity contribution in [1.29, 1.82) is 0 Å². The molecule has 1 atom stereocenters. The highest BCUT2D eigenvalue weighted by Crippen LogP contribution is 2.21. The van der Waals surface area contributed by atoms with Crippen LogP contribution in [0.25, 0.3) is 11.1 Å². The minimum absolute atomic E-state index is 0.257. The van der Waals surface area contributed by atoms with Crippen molar-refractivity contribution in [3.63, 3.8) is 0 Å². The monoisotopic (exact) mass is 249 g/mol. The number of hydrogen-bond acceptors (Lipinski definition) is 4. The predicted molar refractivity (Wildman–Crippen MR) is 71.8 cm³/mol. The van der Waals surface area contributed by atoms with Crippen LogP contribution in [0.3, 0.4) is 0 Å². The van der Waals surface area contributed by atoms with Gasteiger partial charge in [-0.15, -0.1) is 0 Å². The first-order valence-corrected chi connectivity index (χ1v) is 6.08. The van der Waals surface area contributed by atoms with Crippen LogP contribution < -0.4 is 16.4 Å². The first kappa shape index (κ1) is 12.9. The van der Waals surface area contributed by atoms with Crippen molar-refractivity contribution in [3.05, 3.63) is 34.3 Å². The van der Waals surface area contributed by atoms with Crippen molar-refractivity contribution >= 4 is 11.1 Å². The lowest BCUT2D eigenvalue weighted by atomic mass is 10.0. The van der Waals surface area contributed by atoms with Crippen molar-refractivity contribution in [3.8, 4) is 0 Å². The zero-order valence-electron chi connectivity index (χ0n) is 11.0. The summed E-state index contributed by atoms with van der Waals surface area (Å²) in [4.78, 5) is 11.4. The summed E-state index contributed by atoms with van der Waals surface area (Å²) in [6.07, 6.45) is 0.982. The van der Waals surface area contributed by atoms with Crippen LogP contribution in [0.1, 0.15) is 18.0 Å². The minimum Gasteiger partial charge on any atom is -0.408 e. The van der Waals surface area contributed by atoms with E-state index in [0.717, 1.165) is 24.0 Å². The SMILES string of the molecule is CNCCC(NC)c1ccc2c(c1)oc(=O)n2C. The molecule has 0 aliphatic heterocycles. The Morgan fingerprint density at radius 3 is 2.83 bits per heavy atom. The van der Waals surface area contributed by atoms with Gasteiger partial charge in [0.15, 0.2) is 5.58 Å². The molecule has 2 rings (SSSR count). The average molecular weight is 249 g/mol. The number of benzene rings is 1. The molecule has 0 fully saturated rings. The van der Waals surface area contributed by atoms with Crippen molar-refractivity contribution in [2.24, 2.45) is 7.05 Å². The van der Waals surface area contributed by atoms with Crippen LogP contribution in [-0.2, 0) is 7.05 Å². The van der Waals surface area contributed by atoms with Crippen molar-refractivity contribution in [2.75, 3.05) is 20.6 Å². The van der Waals surface area contributed by atoms with E-state index in [0.29, 0.717) is 5.58 Å². The molecular formula is C13H19N3O2. The van der Waals surface area contributed by atoms with Crippen molar-refractivity contribution < 1.29 is 4.42 Å². The number of fused-ring (bicyclic) bond motifs is 1. The van der Waals surface area contributed by atoms with E-state index in [9.17, 15) is 4.79 Å². The summed E-state index contributed by atoms with van der Waals surface area (Å²) < 4.78 is 6.72. The Morgan fingerprint density at radius 1 is 1.39 bits per heavy atom. The molecular weight excluding hydrogens is 230 g/mol. The lowest BCUT2D eigenvalue weighted by Crippen LogP contribution is -2.21. The Bertz CT molecular complexity index is 585. The summed E-state index contributed by atoms with van der Waals surface area (Å²) in [5.41, 5.74) is 2.60. The molecule has 98 valence electrons. The van der Waals surface area contributed by atoms with Gasteiger partial charge in [-0.1, -0.05) is 6.07 Å². The molecule has 5 nitrogen and oxygen atoms in total. The summed E-state index contributed by atoms with van der Waals surface area (Å²) in [6.45, 7) is 0.933. The highest BCUT2D eigenvalue weighted by atomic mass is 16.4. The van der Waals surface area contributed by atoms with Gasteiger partial charge >= 0.3 is 5.76 Å². The Morgan fingerprint density at radius 2 is 2.17 bits per heavy atom. The van der Waals surface area contributed by atoms with E-state index in [4.69, 9.17) is 4.42 Å². The van der Waals surface area contributed by atoms with Crippen LogP contribution in [0.5, 0.6) is 0 Å². The third kappa shape index (κ3) is 2.32. The van der Waals surface area contributed by atoms with E-state index < -0.39 is 0 Å². The average Bonchev–Trinajstić information content (AvgIpc) is 2.66. The number of hydrogen-bond donors (Lipinski definition) is 2. The lowest BCUT2D eigenvalue weighted by Gasteiger charge is -2.16. The van der Waals surface area contributed by atoms with Crippen molar-refractivity contribution in [1.82, 2.24) is 15.2 Å². The molecule has 0 saturated carbocycles. The quantitative estimate of drug-likeness (QED) is 0.830. The molecule has 0 amide bonds. The zero-order chi connectivity index (χ0) is 13.1. The first-order chi connectivity index (χ1) is 8.67. The van der Waals surface area contributed by atoms with Gasteiger partial charge in [-0.05, 0) is 44.8 Å². The molecule has 2 aromatic rings. The van der Waals surface area contributed by atoms with Gasteiger partial charge in [-0.2, -0.15) is 0 Å². The van der Waals surface area contributed by atoms with Crippen LogP contribution in [0.15, 0.2) is 27.4 Å². The fourth-order valence-electron chi connectivity index (χ4n) is 2.13. The molecule has 1 unspecified atom stereocenters. The zero-order valence-corrected chi connectivity index (χ0v) is 11.0. The summed E-state index contributed by atoms with van der Waals surface area (Å²) in [5, 5.41) is 6.41. The largest absolute Gasteiger partial charge is 0.419 e. The maximum absolute atomic E-state index is 11.4. The highest BCUT2D eigenvalue weighted by molar-refractivity contribution is 5.73. The topological polar surface area (TPSA) is 59.2 Å². The van der Waals surface area contributed by atoms with Gasteiger partial charge in [0.05, 0.1) is 5.52 Å². The lowest BCUT2D eigenvalue weighted by molar-refractivity contribution is 0.521. The molecule has 0 spiro atoms. The molecule has 0 bridgehead atoms. The molecule has 0 aliphatic rings. The summed E-state index contributed by atoms with van der Waals surface area (Å²) in [6, 6.07) is 6.16. The normalized spacial score (nSPS) is 13.1. The van der Waals surface area contributed by atoms with Gasteiger partial charge in [0.2, 0.25) is 0 Å². The van der Waals surface area contributed by atoms with Gasteiger partial charge in [0, 0.05) is 13.1 Å². The van der Waals surface area contributed by atoms with Crippen molar-refractivity contribution in [2.45, 2.75) is 12.5 Å². The van der Waals surface area contributed by atoms with Gasteiger partial charge in [0.1, 0.15) is 0 Å². The summed E-state index contributed by atoms with van der Waals surface area (Å²) in [5.74, 6) is -0.321. The smallest absolute Gasteiger partial charge is 0.408 e. The predicted octanol–water partition coefficient (Wildman–Crippen LogP) is 1.00. The number of aromatic nitrogens is 1. The van der Waals surface area contributed by atoms with Crippen LogP contribution in [0.4, 0.5) is 0 Å². The van der Waals surface area contributed by atoms with E-state index in [1.165, 1.54) is 4.57 Å². The number of nitrogens with one attached hydrogen (secondary N) is 2. The molecule has 0 radical (unpaired) electrons. The fraction of sp³-hybridized carbons (Fsp3) is 0.462.